The molecular weight excluding hydrogens is 466 g/mol. The highest BCUT2D eigenvalue weighted by Gasteiger charge is 2.40. The molecule has 10 nitrogen and oxygen atoms in total. The lowest BCUT2D eigenvalue weighted by molar-refractivity contribution is -0.136. The van der Waals surface area contributed by atoms with Gasteiger partial charge in [0.05, 0.1) is 25.9 Å². The Bertz CT molecular complexity index is 1010. The molecule has 0 radical (unpaired) electrons. The van der Waals surface area contributed by atoms with Gasteiger partial charge < -0.3 is 24.0 Å². The fourth-order valence-corrected chi connectivity index (χ4v) is 4.71. The first kappa shape index (κ1) is 25.9. The Hall–Kier alpha value is -3.14. The fraction of sp³-hybridized carbons (Fsp3) is 0.615. The molecule has 3 aliphatic heterocycles. The predicted octanol–water partition coefficient (Wildman–Crippen LogP) is 2.63. The normalized spacial score (nSPS) is 20.9. The number of nitrogens with zero attached hydrogens (tertiary/aromatic N) is 2. The lowest BCUT2D eigenvalue weighted by Gasteiger charge is -2.33. The number of rotatable bonds is 7. The predicted molar refractivity (Wildman–Crippen MR) is 129 cm³/mol. The molecule has 0 saturated carbocycles. The summed E-state index contributed by atoms with van der Waals surface area (Å²) < 4.78 is 17.4. The van der Waals surface area contributed by atoms with Crippen LogP contribution in [0.1, 0.15) is 68.8 Å². The van der Waals surface area contributed by atoms with E-state index in [1.54, 1.807) is 17.0 Å². The van der Waals surface area contributed by atoms with Gasteiger partial charge in [-0.15, -0.1) is 0 Å². The fourth-order valence-electron chi connectivity index (χ4n) is 4.71. The number of imide groups is 1. The molecule has 1 aromatic carbocycles. The van der Waals surface area contributed by atoms with Crippen LogP contribution < -0.4 is 10.1 Å². The summed E-state index contributed by atoms with van der Waals surface area (Å²) in [5.74, 6) is -0.323. The third-order valence-electron chi connectivity index (χ3n) is 6.53. The minimum Gasteiger partial charge on any atom is -0.493 e. The van der Waals surface area contributed by atoms with Gasteiger partial charge in [0.25, 0.3) is 5.91 Å². The van der Waals surface area contributed by atoms with Crippen molar-refractivity contribution >= 4 is 23.8 Å². The van der Waals surface area contributed by atoms with Crippen LogP contribution in [0.2, 0.25) is 0 Å². The molecule has 4 rings (SSSR count). The van der Waals surface area contributed by atoms with E-state index in [4.69, 9.17) is 14.2 Å². The van der Waals surface area contributed by atoms with Crippen LogP contribution in [0.4, 0.5) is 4.79 Å². The van der Waals surface area contributed by atoms with Gasteiger partial charge in [-0.25, -0.2) is 4.79 Å². The van der Waals surface area contributed by atoms with Crippen molar-refractivity contribution in [3.63, 3.8) is 0 Å². The molecule has 0 aliphatic carbocycles. The van der Waals surface area contributed by atoms with E-state index in [0.717, 1.165) is 18.4 Å². The zero-order valence-electron chi connectivity index (χ0n) is 21.2. The topological polar surface area (TPSA) is 114 Å². The van der Waals surface area contributed by atoms with Gasteiger partial charge in [-0.3, -0.25) is 19.7 Å². The van der Waals surface area contributed by atoms with E-state index in [1.165, 1.54) is 4.90 Å². The largest absolute Gasteiger partial charge is 0.493 e. The summed E-state index contributed by atoms with van der Waals surface area (Å²) in [4.78, 5) is 52.1. The molecule has 2 fully saturated rings. The van der Waals surface area contributed by atoms with E-state index in [0.29, 0.717) is 50.5 Å². The molecule has 196 valence electrons. The number of benzene rings is 1. The first-order chi connectivity index (χ1) is 17.1. The van der Waals surface area contributed by atoms with Crippen molar-refractivity contribution < 1.29 is 33.4 Å². The van der Waals surface area contributed by atoms with Crippen molar-refractivity contribution in [2.45, 2.75) is 77.2 Å². The Morgan fingerprint density at radius 1 is 1.08 bits per heavy atom. The molecule has 1 atom stereocenters. The maximum atomic E-state index is 12.9. The second kappa shape index (κ2) is 10.9. The van der Waals surface area contributed by atoms with Crippen molar-refractivity contribution in [2.75, 3.05) is 26.3 Å². The second-order valence-corrected chi connectivity index (χ2v) is 10.4. The van der Waals surface area contributed by atoms with Crippen LogP contribution in [-0.4, -0.2) is 77.7 Å². The third-order valence-corrected chi connectivity index (χ3v) is 6.53. The minimum atomic E-state index is -0.648. The van der Waals surface area contributed by atoms with Gasteiger partial charge in [0, 0.05) is 37.1 Å². The summed E-state index contributed by atoms with van der Waals surface area (Å²) in [6.45, 7) is 8.06. The highest BCUT2D eigenvalue weighted by molar-refractivity contribution is 6.05. The van der Waals surface area contributed by atoms with Crippen molar-refractivity contribution in [1.82, 2.24) is 15.1 Å². The van der Waals surface area contributed by atoms with Gasteiger partial charge in [0.15, 0.2) is 0 Å². The molecule has 0 spiro atoms. The molecule has 0 aromatic heterocycles. The summed E-state index contributed by atoms with van der Waals surface area (Å²) in [5.41, 5.74) is 0.799. The zero-order valence-corrected chi connectivity index (χ0v) is 21.2. The number of fused-ring (bicyclic) bond motifs is 1. The molecule has 2 saturated heterocycles. The Labute approximate surface area is 211 Å². The summed E-state index contributed by atoms with van der Waals surface area (Å²) in [7, 11) is 0. The summed E-state index contributed by atoms with van der Waals surface area (Å²) >= 11 is 0. The minimum absolute atomic E-state index is 0.101. The Morgan fingerprint density at radius 3 is 2.53 bits per heavy atom. The Balaban J connectivity index is 1.20. The first-order valence-corrected chi connectivity index (χ1v) is 12.6. The van der Waals surface area contributed by atoms with Gasteiger partial charge in [-0.05, 0) is 52.2 Å². The van der Waals surface area contributed by atoms with E-state index in [1.807, 2.05) is 26.8 Å². The lowest BCUT2D eigenvalue weighted by atomic mass is 10.0. The maximum Gasteiger partial charge on any atom is 0.410 e. The number of amides is 4. The van der Waals surface area contributed by atoms with Crippen molar-refractivity contribution in [1.29, 1.82) is 0 Å². The number of nitrogens with one attached hydrogen (secondary N) is 1. The zero-order chi connectivity index (χ0) is 25.9. The molecule has 3 heterocycles. The number of hydrogen-bond donors (Lipinski definition) is 1. The van der Waals surface area contributed by atoms with Gasteiger partial charge in [-0.1, -0.05) is 6.07 Å². The van der Waals surface area contributed by atoms with E-state index in [2.05, 4.69) is 5.32 Å². The van der Waals surface area contributed by atoms with E-state index >= 15 is 0 Å². The monoisotopic (exact) mass is 501 g/mol. The smallest absolute Gasteiger partial charge is 0.410 e. The Morgan fingerprint density at radius 2 is 1.83 bits per heavy atom. The number of likely N-dealkylation sites (tertiary alicyclic amines) is 1. The molecule has 1 N–H and O–H groups in total. The number of ether oxygens (including phenoxy) is 3. The van der Waals surface area contributed by atoms with Crippen LogP contribution in [0.15, 0.2) is 18.2 Å². The van der Waals surface area contributed by atoms with Crippen molar-refractivity contribution in [2.24, 2.45) is 0 Å². The summed E-state index contributed by atoms with van der Waals surface area (Å²) in [6.07, 6.45) is 2.59. The van der Waals surface area contributed by atoms with Gasteiger partial charge in [0.1, 0.15) is 17.4 Å². The molecule has 10 heteroatoms. The van der Waals surface area contributed by atoms with Crippen LogP contribution in [0, 0.1) is 0 Å². The standard InChI is InChI=1S/C26H35N3O7/c1-26(2,3)36-25(33)28-12-10-17(11-13-28)34-14-5-15-35-21-7-4-6-18-19(21)16-29(24(18)32)20-8-9-22(30)27-23(20)31/h4,6-7,17,20H,5,8-16H2,1-3H3,(H,27,30,31). The van der Waals surface area contributed by atoms with Gasteiger partial charge in [0.2, 0.25) is 11.8 Å². The van der Waals surface area contributed by atoms with Crippen LogP contribution in [0.3, 0.4) is 0 Å². The van der Waals surface area contributed by atoms with E-state index in [-0.39, 0.29) is 37.0 Å². The van der Waals surface area contributed by atoms with Gasteiger partial charge in [-0.2, -0.15) is 0 Å². The highest BCUT2D eigenvalue weighted by Crippen LogP contribution is 2.33. The van der Waals surface area contributed by atoms with Crippen LogP contribution in [0.25, 0.3) is 0 Å². The molecule has 36 heavy (non-hydrogen) atoms. The summed E-state index contributed by atoms with van der Waals surface area (Å²) in [5, 5.41) is 2.32. The highest BCUT2D eigenvalue weighted by atomic mass is 16.6. The molecule has 1 aromatic rings. The molecule has 0 bridgehead atoms. The van der Waals surface area contributed by atoms with Gasteiger partial charge >= 0.3 is 6.09 Å². The van der Waals surface area contributed by atoms with Crippen molar-refractivity contribution in [3.05, 3.63) is 29.3 Å². The molecule has 1 unspecified atom stereocenters. The van der Waals surface area contributed by atoms with Crippen LogP contribution >= 0.6 is 0 Å². The lowest BCUT2D eigenvalue weighted by Crippen LogP contribution is -2.52. The molecule has 4 amide bonds. The molecule has 3 aliphatic rings. The quantitative estimate of drug-likeness (QED) is 0.451. The average molecular weight is 502 g/mol. The van der Waals surface area contributed by atoms with Crippen LogP contribution in [-0.2, 0) is 25.6 Å². The van der Waals surface area contributed by atoms with Crippen molar-refractivity contribution in [3.8, 4) is 5.75 Å². The number of piperidine rings is 2. The number of carbonyl (C=O) groups is 4. The first-order valence-electron chi connectivity index (χ1n) is 12.6. The van der Waals surface area contributed by atoms with E-state index in [9.17, 15) is 19.2 Å². The van der Waals surface area contributed by atoms with E-state index < -0.39 is 17.6 Å². The number of hydrogen-bond acceptors (Lipinski definition) is 7. The number of carbonyl (C=O) groups excluding carboxylic acids is 4. The Kier molecular flexibility index (Phi) is 7.82. The van der Waals surface area contributed by atoms with Crippen LogP contribution in [0.5, 0.6) is 5.75 Å². The SMILES string of the molecule is CC(C)(C)OC(=O)N1CCC(OCCCOc2cccc3c2CN(C2CCC(=O)NC2=O)C3=O)CC1. The average Bonchev–Trinajstić information content (AvgIpc) is 3.15. The second-order valence-electron chi connectivity index (χ2n) is 10.4. The maximum absolute atomic E-state index is 12.9. The summed E-state index contributed by atoms with van der Waals surface area (Å²) in [6, 6.07) is 4.69. The third kappa shape index (κ3) is 6.16. The molecular formula is C26H35N3O7.